The van der Waals surface area contributed by atoms with Gasteiger partial charge in [0.1, 0.15) is 31.0 Å². The van der Waals surface area contributed by atoms with Gasteiger partial charge in [-0.05, 0) is 77.0 Å². The highest BCUT2D eigenvalue weighted by Crippen LogP contribution is 2.22. The highest BCUT2D eigenvalue weighted by molar-refractivity contribution is 5.70. The van der Waals surface area contributed by atoms with Gasteiger partial charge in [-0.3, -0.25) is 9.59 Å². The Hall–Kier alpha value is -2.86. The summed E-state index contributed by atoms with van der Waals surface area (Å²) in [6.07, 6.45) is 37.7. The molecule has 6 atom stereocenters. The fourth-order valence-corrected chi connectivity index (χ4v) is 5.92. The van der Waals surface area contributed by atoms with Gasteiger partial charge in [0.2, 0.25) is 0 Å². The molecule has 0 aromatic heterocycles. The van der Waals surface area contributed by atoms with Crippen molar-refractivity contribution in [2.75, 3.05) is 19.8 Å². The maximum atomic E-state index is 12.7. The molecule has 1 heterocycles. The first-order valence-corrected chi connectivity index (χ1v) is 21.5. The van der Waals surface area contributed by atoms with E-state index in [1.165, 1.54) is 32.1 Å². The van der Waals surface area contributed by atoms with Gasteiger partial charge >= 0.3 is 11.9 Å². The van der Waals surface area contributed by atoms with Crippen LogP contribution < -0.4 is 0 Å². The third-order valence-corrected chi connectivity index (χ3v) is 9.33. The maximum absolute atomic E-state index is 12.7. The van der Waals surface area contributed by atoms with Gasteiger partial charge in [-0.15, -0.1) is 0 Å². The van der Waals surface area contributed by atoms with Gasteiger partial charge in [0, 0.05) is 12.8 Å². The van der Waals surface area contributed by atoms with Crippen LogP contribution in [0.1, 0.15) is 149 Å². The van der Waals surface area contributed by atoms with Crippen LogP contribution in [0.3, 0.4) is 0 Å². The molecule has 1 saturated heterocycles. The normalized spacial score (nSPS) is 21.1. The van der Waals surface area contributed by atoms with E-state index < -0.39 is 55.4 Å². The molecule has 1 aliphatic rings. The minimum absolute atomic E-state index is 0.146. The Balaban J connectivity index is 2.42. The Labute approximate surface area is 338 Å². The standard InChI is InChI=1S/C46H76O10/c1-3-5-7-9-11-13-15-17-19-20-21-23-25-27-29-31-33-35-42(49)55-39(38-54-46-45(52)44(51)43(50)40(36-47)56-46)37-53-41(48)34-32-30-28-26-24-22-18-16-14-12-10-8-6-4-2/h5,7,11,13,16-19,21,23,27,29,39-40,43-47,50-52H,3-4,6,8-10,12,14-15,20,22,24-26,28,30-38H2,1-2H3/b7-5-,13-11-,18-16-,19-17-,23-21-,29-27-. The predicted octanol–water partition coefficient (Wildman–Crippen LogP) is 8.83. The van der Waals surface area contributed by atoms with E-state index in [2.05, 4.69) is 80.7 Å². The van der Waals surface area contributed by atoms with Crippen molar-refractivity contribution in [1.29, 1.82) is 0 Å². The zero-order chi connectivity index (χ0) is 40.9. The summed E-state index contributed by atoms with van der Waals surface area (Å²) in [5.41, 5.74) is 0. The van der Waals surface area contributed by atoms with Crippen LogP contribution in [0.15, 0.2) is 72.9 Å². The number of aliphatic hydroxyl groups excluding tert-OH is 4. The van der Waals surface area contributed by atoms with E-state index in [0.717, 1.165) is 70.6 Å². The minimum atomic E-state index is -1.61. The first kappa shape index (κ1) is 51.2. The second-order valence-electron chi connectivity index (χ2n) is 14.4. The van der Waals surface area contributed by atoms with E-state index in [1.807, 2.05) is 6.08 Å². The van der Waals surface area contributed by atoms with Crippen LogP contribution in [0.4, 0.5) is 0 Å². The lowest BCUT2D eigenvalue weighted by Gasteiger charge is -2.39. The van der Waals surface area contributed by atoms with Gasteiger partial charge in [-0.1, -0.05) is 132 Å². The van der Waals surface area contributed by atoms with E-state index in [0.29, 0.717) is 19.3 Å². The largest absolute Gasteiger partial charge is 0.462 e. The number of aliphatic hydroxyl groups is 4. The number of allylic oxidation sites excluding steroid dienone is 12. The van der Waals surface area contributed by atoms with Crippen LogP contribution in [0.25, 0.3) is 0 Å². The molecular formula is C46H76O10. The molecule has 6 unspecified atom stereocenters. The van der Waals surface area contributed by atoms with Crippen molar-refractivity contribution >= 4 is 11.9 Å². The molecule has 0 aliphatic carbocycles. The minimum Gasteiger partial charge on any atom is -0.462 e. The van der Waals surface area contributed by atoms with Crippen LogP contribution in [-0.2, 0) is 28.5 Å². The quantitative estimate of drug-likeness (QED) is 0.0283. The van der Waals surface area contributed by atoms with Crippen LogP contribution >= 0.6 is 0 Å². The Morgan fingerprint density at radius 3 is 1.66 bits per heavy atom. The Bertz CT molecular complexity index is 1140. The molecule has 10 nitrogen and oxygen atoms in total. The number of ether oxygens (including phenoxy) is 4. The van der Waals surface area contributed by atoms with Gasteiger partial charge in [-0.2, -0.15) is 0 Å². The third kappa shape index (κ3) is 27.7. The molecule has 4 N–H and O–H groups in total. The molecule has 1 fully saturated rings. The molecule has 0 bridgehead atoms. The summed E-state index contributed by atoms with van der Waals surface area (Å²) in [5.74, 6) is -0.892. The molecule has 320 valence electrons. The summed E-state index contributed by atoms with van der Waals surface area (Å²) in [7, 11) is 0. The molecule has 1 rings (SSSR count). The molecule has 0 amide bonds. The van der Waals surface area contributed by atoms with Crippen molar-refractivity contribution in [2.24, 2.45) is 0 Å². The smallest absolute Gasteiger partial charge is 0.306 e. The lowest BCUT2D eigenvalue weighted by molar-refractivity contribution is -0.305. The Morgan fingerprint density at radius 1 is 0.571 bits per heavy atom. The number of rotatable bonds is 34. The number of carbonyl (C=O) groups is 2. The zero-order valence-corrected chi connectivity index (χ0v) is 34.6. The molecular weight excluding hydrogens is 712 g/mol. The third-order valence-electron chi connectivity index (χ3n) is 9.33. The number of unbranched alkanes of at least 4 members (excludes halogenated alkanes) is 11. The van der Waals surface area contributed by atoms with Gasteiger partial charge in [0.05, 0.1) is 13.2 Å². The molecule has 0 aromatic carbocycles. The number of esters is 2. The fourth-order valence-electron chi connectivity index (χ4n) is 5.92. The SMILES string of the molecule is CC/C=C\C/C=C\C/C=C\C/C=C\C/C=C\CCCC(=O)OC(COC(=O)CCCCCCC/C=C\CCCCCCC)COC1OC(CO)C(O)C(O)C1O. The van der Waals surface area contributed by atoms with E-state index in [1.54, 1.807) is 0 Å². The van der Waals surface area contributed by atoms with E-state index >= 15 is 0 Å². The summed E-state index contributed by atoms with van der Waals surface area (Å²) in [6, 6.07) is 0. The highest BCUT2D eigenvalue weighted by atomic mass is 16.7. The maximum Gasteiger partial charge on any atom is 0.306 e. The summed E-state index contributed by atoms with van der Waals surface area (Å²) >= 11 is 0. The number of hydrogen-bond donors (Lipinski definition) is 4. The second-order valence-corrected chi connectivity index (χ2v) is 14.4. The number of carbonyl (C=O) groups excluding carboxylic acids is 2. The van der Waals surface area contributed by atoms with Crippen molar-refractivity contribution in [3.05, 3.63) is 72.9 Å². The first-order chi connectivity index (χ1) is 27.3. The van der Waals surface area contributed by atoms with Crippen molar-refractivity contribution in [2.45, 2.75) is 185 Å². The topological polar surface area (TPSA) is 152 Å². The molecule has 0 aromatic rings. The lowest BCUT2D eigenvalue weighted by Crippen LogP contribution is -2.59. The van der Waals surface area contributed by atoms with Crippen LogP contribution in [0.2, 0.25) is 0 Å². The van der Waals surface area contributed by atoms with E-state index in [9.17, 15) is 30.0 Å². The Kier molecular flexibility index (Phi) is 33.3. The highest BCUT2D eigenvalue weighted by Gasteiger charge is 2.44. The predicted molar refractivity (Wildman–Crippen MR) is 224 cm³/mol. The van der Waals surface area contributed by atoms with Gasteiger partial charge in [0.15, 0.2) is 12.4 Å². The molecule has 0 radical (unpaired) electrons. The van der Waals surface area contributed by atoms with Gasteiger partial charge < -0.3 is 39.4 Å². The van der Waals surface area contributed by atoms with Crippen LogP contribution in [-0.4, -0.2) is 89.0 Å². The van der Waals surface area contributed by atoms with E-state index in [4.69, 9.17) is 18.9 Å². The molecule has 1 aliphatic heterocycles. The van der Waals surface area contributed by atoms with E-state index in [-0.39, 0.29) is 26.1 Å². The van der Waals surface area contributed by atoms with Gasteiger partial charge in [0.25, 0.3) is 0 Å². The van der Waals surface area contributed by atoms with Crippen LogP contribution in [0, 0.1) is 0 Å². The van der Waals surface area contributed by atoms with Crippen LogP contribution in [0.5, 0.6) is 0 Å². The second kappa shape index (κ2) is 36.5. The average molecular weight is 789 g/mol. The summed E-state index contributed by atoms with van der Waals surface area (Å²) < 4.78 is 22.0. The zero-order valence-electron chi connectivity index (χ0n) is 34.6. The molecule has 56 heavy (non-hydrogen) atoms. The monoisotopic (exact) mass is 789 g/mol. The van der Waals surface area contributed by atoms with Crippen molar-refractivity contribution in [3.8, 4) is 0 Å². The lowest BCUT2D eigenvalue weighted by atomic mass is 9.99. The van der Waals surface area contributed by atoms with Crippen molar-refractivity contribution in [3.63, 3.8) is 0 Å². The first-order valence-electron chi connectivity index (χ1n) is 21.5. The van der Waals surface area contributed by atoms with Crippen molar-refractivity contribution in [1.82, 2.24) is 0 Å². The molecule has 0 saturated carbocycles. The Morgan fingerprint density at radius 2 is 1.07 bits per heavy atom. The summed E-state index contributed by atoms with van der Waals surface area (Å²) in [4.78, 5) is 25.3. The fraction of sp³-hybridized carbons (Fsp3) is 0.696. The molecule has 10 heteroatoms. The van der Waals surface area contributed by atoms with Crippen molar-refractivity contribution < 1.29 is 49.0 Å². The van der Waals surface area contributed by atoms with Gasteiger partial charge in [-0.25, -0.2) is 0 Å². The molecule has 0 spiro atoms. The average Bonchev–Trinajstić information content (AvgIpc) is 3.19. The summed E-state index contributed by atoms with van der Waals surface area (Å²) in [5, 5.41) is 40.0. The summed E-state index contributed by atoms with van der Waals surface area (Å²) in [6.45, 7) is 3.21. The number of hydrogen-bond acceptors (Lipinski definition) is 10.